The second-order valence-corrected chi connectivity index (χ2v) is 6.30. The van der Waals surface area contributed by atoms with Gasteiger partial charge in [0.2, 0.25) is 0 Å². The van der Waals surface area contributed by atoms with E-state index in [-0.39, 0.29) is 11.7 Å². The maximum absolute atomic E-state index is 6.30. The van der Waals surface area contributed by atoms with Gasteiger partial charge in [0, 0.05) is 6.61 Å². The summed E-state index contributed by atoms with van der Waals surface area (Å²) in [6, 6.07) is 0.322. The van der Waals surface area contributed by atoms with Crippen molar-refractivity contribution in [1.29, 1.82) is 0 Å². The first-order chi connectivity index (χ1) is 9.64. The van der Waals surface area contributed by atoms with Crippen molar-refractivity contribution in [2.24, 2.45) is 0 Å². The molecule has 1 aliphatic rings. The van der Waals surface area contributed by atoms with Crippen LogP contribution >= 0.6 is 0 Å². The Morgan fingerprint density at radius 3 is 2.20 bits per heavy atom. The quantitative estimate of drug-likeness (QED) is 0.652. The smallest absolute Gasteiger partial charge is 0.0857 e. The van der Waals surface area contributed by atoms with Gasteiger partial charge in [-0.05, 0) is 46.6 Å². The summed E-state index contributed by atoms with van der Waals surface area (Å²) in [7, 11) is 0. The summed E-state index contributed by atoms with van der Waals surface area (Å²) in [5.74, 6) is 0. The minimum Gasteiger partial charge on any atom is -0.377 e. The summed E-state index contributed by atoms with van der Waals surface area (Å²) < 4.78 is 12.2. The van der Waals surface area contributed by atoms with Gasteiger partial charge < -0.3 is 14.8 Å². The fourth-order valence-corrected chi connectivity index (χ4v) is 3.21. The highest BCUT2D eigenvalue weighted by Crippen LogP contribution is 2.34. The van der Waals surface area contributed by atoms with E-state index in [0.717, 1.165) is 26.2 Å². The molecule has 0 heterocycles. The average Bonchev–Trinajstić information content (AvgIpc) is 2.65. The van der Waals surface area contributed by atoms with Crippen molar-refractivity contribution in [3.8, 4) is 0 Å². The van der Waals surface area contributed by atoms with Gasteiger partial charge in [0.1, 0.15) is 0 Å². The number of hydrogen-bond donors (Lipinski definition) is 1. The van der Waals surface area contributed by atoms with Crippen molar-refractivity contribution in [2.75, 3.05) is 19.8 Å². The number of hydrogen-bond acceptors (Lipinski definition) is 3. The van der Waals surface area contributed by atoms with Crippen molar-refractivity contribution in [1.82, 2.24) is 5.32 Å². The van der Waals surface area contributed by atoms with E-state index < -0.39 is 0 Å². The summed E-state index contributed by atoms with van der Waals surface area (Å²) in [6.45, 7) is 11.2. The van der Waals surface area contributed by atoms with Crippen LogP contribution in [-0.2, 0) is 9.47 Å². The minimum atomic E-state index is -0.0185. The van der Waals surface area contributed by atoms with Crippen LogP contribution in [0.4, 0.5) is 0 Å². The van der Waals surface area contributed by atoms with E-state index in [1.165, 1.54) is 38.5 Å². The molecule has 120 valence electrons. The maximum atomic E-state index is 6.30. The standard InChI is InChI=1S/C17H35NO2/c1-5-13-18-16(14-19-15(3)4)17(20-6-2)11-9-7-8-10-12-17/h15-16,18H,5-14H2,1-4H3. The van der Waals surface area contributed by atoms with E-state index in [2.05, 4.69) is 33.0 Å². The van der Waals surface area contributed by atoms with E-state index in [4.69, 9.17) is 9.47 Å². The Bertz CT molecular complexity index is 235. The van der Waals surface area contributed by atoms with Crippen molar-refractivity contribution in [3.05, 3.63) is 0 Å². The monoisotopic (exact) mass is 285 g/mol. The molecule has 1 aliphatic carbocycles. The number of ether oxygens (including phenoxy) is 2. The van der Waals surface area contributed by atoms with Crippen LogP contribution in [-0.4, -0.2) is 37.5 Å². The first kappa shape index (κ1) is 17.9. The van der Waals surface area contributed by atoms with Gasteiger partial charge in [0.25, 0.3) is 0 Å². The highest BCUT2D eigenvalue weighted by atomic mass is 16.5. The van der Waals surface area contributed by atoms with Gasteiger partial charge in [-0.2, -0.15) is 0 Å². The molecule has 1 unspecified atom stereocenters. The zero-order valence-corrected chi connectivity index (χ0v) is 14.0. The Morgan fingerprint density at radius 2 is 1.70 bits per heavy atom. The molecule has 0 bridgehead atoms. The molecule has 0 aromatic heterocycles. The molecule has 0 aliphatic heterocycles. The molecule has 0 saturated heterocycles. The largest absolute Gasteiger partial charge is 0.377 e. The summed E-state index contributed by atoms with van der Waals surface area (Å²) in [4.78, 5) is 0. The molecule has 0 aromatic carbocycles. The topological polar surface area (TPSA) is 30.5 Å². The molecule has 1 fully saturated rings. The third-order valence-corrected chi connectivity index (χ3v) is 4.25. The summed E-state index contributed by atoms with van der Waals surface area (Å²) >= 11 is 0. The Hall–Kier alpha value is -0.120. The Labute approximate surface area is 125 Å². The van der Waals surface area contributed by atoms with Gasteiger partial charge in [-0.25, -0.2) is 0 Å². The molecular weight excluding hydrogens is 250 g/mol. The maximum Gasteiger partial charge on any atom is 0.0857 e. The normalized spacial score (nSPS) is 20.9. The second kappa shape index (κ2) is 9.75. The highest BCUT2D eigenvalue weighted by Gasteiger charge is 2.39. The van der Waals surface area contributed by atoms with Crippen LogP contribution in [0.5, 0.6) is 0 Å². The molecule has 20 heavy (non-hydrogen) atoms. The van der Waals surface area contributed by atoms with Gasteiger partial charge in [0.05, 0.1) is 24.4 Å². The van der Waals surface area contributed by atoms with E-state index in [0.29, 0.717) is 6.04 Å². The van der Waals surface area contributed by atoms with Crippen molar-refractivity contribution < 1.29 is 9.47 Å². The lowest BCUT2D eigenvalue weighted by Crippen LogP contribution is -2.55. The predicted octanol–water partition coefficient (Wildman–Crippen LogP) is 3.91. The SMILES string of the molecule is CCCNC(COC(C)C)C1(OCC)CCCCCC1. The molecule has 1 rings (SSSR count). The van der Waals surface area contributed by atoms with Crippen LogP contribution < -0.4 is 5.32 Å². The van der Waals surface area contributed by atoms with E-state index in [9.17, 15) is 0 Å². The van der Waals surface area contributed by atoms with Crippen LogP contribution in [0.15, 0.2) is 0 Å². The molecule has 3 nitrogen and oxygen atoms in total. The second-order valence-electron chi connectivity index (χ2n) is 6.30. The fraction of sp³-hybridized carbons (Fsp3) is 1.00. The lowest BCUT2D eigenvalue weighted by Gasteiger charge is -2.41. The molecule has 3 heteroatoms. The Balaban J connectivity index is 2.77. The zero-order chi connectivity index (χ0) is 14.8. The lowest BCUT2D eigenvalue weighted by atomic mass is 9.86. The highest BCUT2D eigenvalue weighted by molar-refractivity contribution is 4.95. The van der Waals surface area contributed by atoms with Crippen LogP contribution in [0.25, 0.3) is 0 Å². The third kappa shape index (κ3) is 5.71. The van der Waals surface area contributed by atoms with E-state index in [1.54, 1.807) is 0 Å². The first-order valence-electron chi connectivity index (χ1n) is 8.63. The molecule has 0 radical (unpaired) electrons. The first-order valence-corrected chi connectivity index (χ1v) is 8.63. The van der Waals surface area contributed by atoms with Gasteiger partial charge in [-0.3, -0.25) is 0 Å². The van der Waals surface area contributed by atoms with Crippen molar-refractivity contribution >= 4 is 0 Å². The zero-order valence-electron chi connectivity index (χ0n) is 14.0. The fourth-order valence-electron chi connectivity index (χ4n) is 3.21. The van der Waals surface area contributed by atoms with Crippen LogP contribution in [0, 0.1) is 0 Å². The van der Waals surface area contributed by atoms with Gasteiger partial charge in [-0.15, -0.1) is 0 Å². The van der Waals surface area contributed by atoms with Crippen molar-refractivity contribution in [2.45, 2.75) is 90.4 Å². The van der Waals surface area contributed by atoms with Gasteiger partial charge in [0.15, 0.2) is 0 Å². The molecule has 1 N–H and O–H groups in total. The number of rotatable bonds is 9. The van der Waals surface area contributed by atoms with Gasteiger partial charge >= 0.3 is 0 Å². The van der Waals surface area contributed by atoms with Crippen LogP contribution in [0.2, 0.25) is 0 Å². The molecule has 0 spiro atoms. The van der Waals surface area contributed by atoms with Crippen LogP contribution in [0.1, 0.15) is 72.6 Å². The third-order valence-electron chi connectivity index (χ3n) is 4.25. The lowest BCUT2D eigenvalue weighted by molar-refractivity contribution is -0.0987. The Morgan fingerprint density at radius 1 is 1.05 bits per heavy atom. The minimum absolute atomic E-state index is 0.0185. The molecular formula is C17H35NO2. The molecule has 0 aromatic rings. The van der Waals surface area contributed by atoms with Crippen LogP contribution in [0.3, 0.4) is 0 Å². The van der Waals surface area contributed by atoms with E-state index in [1.807, 2.05) is 0 Å². The molecule has 0 amide bonds. The van der Waals surface area contributed by atoms with Gasteiger partial charge in [-0.1, -0.05) is 32.6 Å². The summed E-state index contributed by atoms with van der Waals surface area (Å²) in [5, 5.41) is 3.70. The molecule has 1 saturated carbocycles. The molecule has 1 atom stereocenters. The van der Waals surface area contributed by atoms with E-state index >= 15 is 0 Å². The number of nitrogens with one attached hydrogen (secondary N) is 1. The van der Waals surface area contributed by atoms with Crippen molar-refractivity contribution in [3.63, 3.8) is 0 Å². The summed E-state index contributed by atoms with van der Waals surface area (Å²) in [6.07, 6.45) is 9.04. The Kier molecular flexibility index (Phi) is 8.74. The summed E-state index contributed by atoms with van der Waals surface area (Å²) in [5.41, 5.74) is -0.0185. The predicted molar refractivity (Wildman–Crippen MR) is 85.2 cm³/mol. The average molecular weight is 285 g/mol.